The molecule has 0 N–H and O–H groups in total. The number of aryl methyl sites for hydroxylation is 1. The highest BCUT2D eigenvalue weighted by Crippen LogP contribution is 2.32. The van der Waals surface area contributed by atoms with Gasteiger partial charge in [-0.3, -0.25) is 4.79 Å². The summed E-state index contributed by atoms with van der Waals surface area (Å²) in [6, 6.07) is 7.73. The van der Waals surface area contributed by atoms with Gasteiger partial charge in [0, 0.05) is 48.7 Å². The highest BCUT2D eigenvalue weighted by Gasteiger charge is 2.31. The van der Waals surface area contributed by atoms with E-state index in [1.165, 1.54) is 5.56 Å². The summed E-state index contributed by atoms with van der Waals surface area (Å²) >= 11 is 6.16. The second-order valence-electron chi connectivity index (χ2n) is 7.03. The lowest BCUT2D eigenvalue weighted by molar-refractivity contribution is -0.123. The highest BCUT2D eigenvalue weighted by atomic mass is 35.5. The molecule has 2 aliphatic heterocycles. The Balaban J connectivity index is 1.47. The van der Waals surface area contributed by atoms with Crippen LogP contribution in [0.5, 0.6) is 0 Å². The first-order valence-corrected chi connectivity index (χ1v) is 9.72. The molecule has 0 radical (unpaired) electrons. The summed E-state index contributed by atoms with van der Waals surface area (Å²) in [7, 11) is 0. The fourth-order valence-electron chi connectivity index (χ4n) is 3.95. The Kier molecular flexibility index (Phi) is 5.07. The van der Waals surface area contributed by atoms with Crippen LogP contribution in [0.1, 0.15) is 31.2 Å². The molecule has 1 saturated heterocycles. The molecule has 2 aliphatic rings. The fraction of sp³-hybridized carbons (Fsp3) is 0.450. The highest BCUT2D eigenvalue weighted by molar-refractivity contribution is 6.30. The van der Waals surface area contributed by atoms with Crippen molar-refractivity contribution in [3.05, 3.63) is 47.2 Å². The molecule has 3 heterocycles. The van der Waals surface area contributed by atoms with Crippen molar-refractivity contribution in [1.29, 1.82) is 0 Å². The molecule has 2 aromatic rings. The van der Waals surface area contributed by atoms with Crippen LogP contribution in [0.3, 0.4) is 0 Å². The van der Waals surface area contributed by atoms with Gasteiger partial charge in [-0.2, -0.15) is 0 Å². The Hall–Kier alpha value is -2.14. The van der Waals surface area contributed by atoms with E-state index in [1.54, 1.807) is 12.4 Å². The Labute approximate surface area is 159 Å². The Morgan fingerprint density at radius 1 is 1.08 bits per heavy atom. The third-order valence-electron chi connectivity index (χ3n) is 5.36. The Bertz CT molecular complexity index is 775. The van der Waals surface area contributed by atoms with Crippen molar-refractivity contribution in [3.8, 4) is 0 Å². The zero-order valence-electron chi connectivity index (χ0n) is 14.8. The topological polar surface area (TPSA) is 49.3 Å². The summed E-state index contributed by atoms with van der Waals surface area (Å²) in [6.07, 6.45) is 8.34. The van der Waals surface area contributed by atoms with E-state index in [0.717, 1.165) is 68.4 Å². The molecule has 1 fully saturated rings. The standard InChI is InChI=1S/C20H23ClN4O/c21-17-5-6-18-16(14-17)4-1-2-11-25(18)19(26)15-7-12-24(13-8-15)20-22-9-3-10-23-20/h3,5-6,9-10,14-15H,1-2,4,7-8,11-13H2. The second kappa shape index (κ2) is 7.62. The molecule has 0 atom stereocenters. The van der Waals surface area contributed by atoms with Gasteiger partial charge in [0.2, 0.25) is 11.9 Å². The molecule has 5 nitrogen and oxygen atoms in total. The van der Waals surface area contributed by atoms with Crippen LogP contribution in [-0.2, 0) is 11.2 Å². The third kappa shape index (κ3) is 3.54. The summed E-state index contributed by atoms with van der Waals surface area (Å²) in [5.41, 5.74) is 2.24. The molecule has 0 aliphatic carbocycles. The van der Waals surface area contributed by atoms with E-state index < -0.39 is 0 Å². The minimum Gasteiger partial charge on any atom is -0.341 e. The van der Waals surface area contributed by atoms with Gasteiger partial charge in [0.25, 0.3) is 0 Å². The summed E-state index contributed by atoms with van der Waals surface area (Å²) < 4.78 is 0. The van der Waals surface area contributed by atoms with Crippen molar-refractivity contribution in [2.45, 2.75) is 32.1 Å². The molecular formula is C20H23ClN4O. The summed E-state index contributed by atoms with van der Waals surface area (Å²) in [4.78, 5) is 26.0. The van der Waals surface area contributed by atoms with Gasteiger partial charge in [-0.05, 0) is 61.9 Å². The summed E-state index contributed by atoms with van der Waals surface area (Å²) in [5.74, 6) is 1.08. The molecule has 0 spiro atoms. The maximum atomic E-state index is 13.2. The quantitative estimate of drug-likeness (QED) is 0.808. The van der Waals surface area contributed by atoms with Gasteiger partial charge in [-0.1, -0.05) is 11.6 Å². The minimum atomic E-state index is 0.0663. The SMILES string of the molecule is O=C(C1CCN(c2ncccn2)CC1)N1CCCCc2cc(Cl)ccc21. The molecule has 136 valence electrons. The van der Waals surface area contributed by atoms with Crippen LogP contribution in [0.15, 0.2) is 36.7 Å². The van der Waals surface area contributed by atoms with Gasteiger partial charge in [0.15, 0.2) is 0 Å². The summed E-state index contributed by atoms with van der Waals surface area (Å²) in [6.45, 7) is 2.44. The van der Waals surface area contributed by atoms with E-state index in [9.17, 15) is 4.79 Å². The maximum absolute atomic E-state index is 13.2. The molecule has 0 bridgehead atoms. The first-order chi connectivity index (χ1) is 12.7. The molecule has 1 aromatic carbocycles. The Morgan fingerprint density at radius 2 is 1.85 bits per heavy atom. The van der Waals surface area contributed by atoms with Crippen molar-refractivity contribution in [3.63, 3.8) is 0 Å². The minimum absolute atomic E-state index is 0.0663. The third-order valence-corrected chi connectivity index (χ3v) is 5.59. The van der Waals surface area contributed by atoms with Crippen molar-refractivity contribution in [1.82, 2.24) is 9.97 Å². The number of carbonyl (C=O) groups excluding carboxylic acids is 1. The number of hydrogen-bond acceptors (Lipinski definition) is 4. The van der Waals surface area contributed by atoms with Crippen LogP contribution in [0, 0.1) is 5.92 Å². The summed E-state index contributed by atoms with van der Waals surface area (Å²) in [5, 5.41) is 0.745. The number of aromatic nitrogens is 2. The van der Waals surface area contributed by atoms with E-state index in [4.69, 9.17) is 11.6 Å². The maximum Gasteiger partial charge on any atom is 0.230 e. The van der Waals surface area contributed by atoms with Crippen LogP contribution >= 0.6 is 11.6 Å². The number of fused-ring (bicyclic) bond motifs is 1. The molecule has 4 rings (SSSR count). The number of hydrogen-bond donors (Lipinski definition) is 0. The van der Waals surface area contributed by atoms with Gasteiger partial charge >= 0.3 is 0 Å². The van der Waals surface area contributed by atoms with Gasteiger partial charge < -0.3 is 9.80 Å². The number of benzene rings is 1. The average Bonchev–Trinajstić information content (AvgIpc) is 2.90. The monoisotopic (exact) mass is 370 g/mol. The van der Waals surface area contributed by atoms with E-state index in [1.807, 2.05) is 29.2 Å². The Morgan fingerprint density at radius 3 is 2.62 bits per heavy atom. The predicted molar refractivity (Wildman–Crippen MR) is 104 cm³/mol. The van der Waals surface area contributed by atoms with Crippen LogP contribution in [-0.4, -0.2) is 35.5 Å². The van der Waals surface area contributed by atoms with Gasteiger partial charge in [0.1, 0.15) is 0 Å². The number of anilines is 2. The zero-order chi connectivity index (χ0) is 17.9. The lowest BCUT2D eigenvalue weighted by Gasteiger charge is -2.34. The zero-order valence-corrected chi connectivity index (χ0v) is 15.5. The van der Waals surface area contributed by atoms with E-state index in [0.29, 0.717) is 0 Å². The number of nitrogens with zero attached hydrogens (tertiary/aromatic N) is 4. The molecule has 0 unspecified atom stereocenters. The molecular weight excluding hydrogens is 348 g/mol. The van der Waals surface area contributed by atoms with Gasteiger partial charge in [-0.25, -0.2) is 9.97 Å². The number of halogens is 1. The second-order valence-corrected chi connectivity index (χ2v) is 7.47. The van der Waals surface area contributed by atoms with Crippen LogP contribution in [0.2, 0.25) is 5.02 Å². The lowest BCUT2D eigenvalue weighted by atomic mass is 9.95. The van der Waals surface area contributed by atoms with E-state index in [2.05, 4.69) is 14.9 Å². The molecule has 0 saturated carbocycles. The van der Waals surface area contributed by atoms with Crippen LogP contribution in [0.4, 0.5) is 11.6 Å². The van der Waals surface area contributed by atoms with Crippen LogP contribution in [0.25, 0.3) is 0 Å². The van der Waals surface area contributed by atoms with Gasteiger partial charge in [0.05, 0.1) is 0 Å². The first kappa shape index (κ1) is 17.3. The molecule has 1 amide bonds. The molecule has 6 heteroatoms. The van der Waals surface area contributed by atoms with Crippen molar-refractivity contribution >= 4 is 29.1 Å². The number of amides is 1. The normalized spacial score (nSPS) is 18.3. The van der Waals surface area contributed by atoms with E-state index >= 15 is 0 Å². The van der Waals surface area contributed by atoms with Crippen molar-refractivity contribution in [2.24, 2.45) is 5.92 Å². The van der Waals surface area contributed by atoms with E-state index in [-0.39, 0.29) is 11.8 Å². The predicted octanol–water partition coefficient (Wildman–Crippen LogP) is 3.72. The first-order valence-electron chi connectivity index (χ1n) is 9.34. The largest absolute Gasteiger partial charge is 0.341 e. The lowest BCUT2D eigenvalue weighted by Crippen LogP contribution is -2.43. The average molecular weight is 371 g/mol. The van der Waals surface area contributed by atoms with Crippen molar-refractivity contribution in [2.75, 3.05) is 29.4 Å². The van der Waals surface area contributed by atoms with Crippen LogP contribution < -0.4 is 9.80 Å². The van der Waals surface area contributed by atoms with Gasteiger partial charge in [-0.15, -0.1) is 0 Å². The smallest absolute Gasteiger partial charge is 0.230 e. The molecule has 1 aromatic heterocycles. The molecule has 26 heavy (non-hydrogen) atoms. The number of rotatable bonds is 2. The fourth-order valence-corrected chi connectivity index (χ4v) is 4.15. The number of carbonyl (C=O) groups is 1. The number of piperidine rings is 1. The van der Waals surface area contributed by atoms with Crippen molar-refractivity contribution < 1.29 is 4.79 Å².